The summed E-state index contributed by atoms with van der Waals surface area (Å²) in [5, 5.41) is 13.6. The van der Waals surface area contributed by atoms with Crippen LogP contribution in [0.15, 0.2) is 29.2 Å². The Morgan fingerprint density at radius 2 is 1.66 bits per heavy atom. The minimum absolute atomic E-state index is 0.0234. The lowest BCUT2D eigenvalue weighted by atomic mass is 10.0. The molecule has 0 radical (unpaired) electrons. The zero-order chi connectivity index (χ0) is 22.1. The molecule has 7 nitrogen and oxygen atoms in total. The third kappa shape index (κ3) is 6.97. The van der Waals surface area contributed by atoms with Gasteiger partial charge >= 0.3 is 6.03 Å². The molecular formula is C20H31ClN2O5S. The van der Waals surface area contributed by atoms with E-state index in [0.29, 0.717) is 17.9 Å². The van der Waals surface area contributed by atoms with Crippen LogP contribution in [0.25, 0.3) is 0 Å². The molecule has 0 saturated carbocycles. The summed E-state index contributed by atoms with van der Waals surface area (Å²) in [6, 6.07) is 4.12. The molecule has 0 bridgehead atoms. The molecule has 1 aromatic carbocycles. The van der Waals surface area contributed by atoms with E-state index >= 15 is 0 Å². The first-order chi connectivity index (χ1) is 13.6. The number of aliphatic hydroxyl groups is 1. The van der Waals surface area contributed by atoms with Gasteiger partial charge < -0.3 is 10.4 Å². The van der Waals surface area contributed by atoms with Crippen LogP contribution < -0.4 is 5.32 Å². The zero-order valence-corrected chi connectivity index (χ0v) is 18.9. The molecule has 9 heteroatoms. The van der Waals surface area contributed by atoms with Gasteiger partial charge in [0, 0.05) is 18.0 Å². The van der Waals surface area contributed by atoms with Gasteiger partial charge in [-0.3, -0.25) is 4.79 Å². The van der Waals surface area contributed by atoms with Gasteiger partial charge in [-0.1, -0.05) is 51.1 Å². The number of rotatable bonds is 12. The average molecular weight is 447 g/mol. The molecule has 2 amide bonds. The van der Waals surface area contributed by atoms with Gasteiger partial charge in [0.05, 0.1) is 4.90 Å². The SMILES string of the molecule is CCCCCCCC(=O)C(C)(O)N(C(=O)NCCC)S(=O)(=O)c1ccc(Cl)cc1. The molecule has 0 aliphatic rings. The number of carbonyl (C=O) groups excluding carboxylic acids is 2. The summed E-state index contributed by atoms with van der Waals surface area (Å²) < 4.78 is 26.5. The Morgan fingerprint density at radius 3 is 2.21 bits per heavy atom. The molecule has 1 aromatic rings. The normalized spacial score (nSPS) is 13.6. The molecule has 0 aliphatic heterocycles. The van der Waals surface area contributed by atoms with E-state index < -0.39 is 27.6 Å². The second-order valence-electron chi connectivity index (χ2n) is 7.06. The Balaban J connectivity index is 3.17. The number of hydrogen-bond acceptors (Lipinski definition) is 5. The second-order valence-corrected chi connectivity index (χ2v) is 9.29. The number of halogens is 1. The maximum absolute atomic E-state index is 13.1. The molecule has 0 fully saturated rings. The zero-order valence-electron chi connectivity index (χ0n) is 17.3. The van der Waals surface area contributed by atoms with Crippen molar-refractivity contribution >= 4 is 33.4 Å². The molecule has 0 aromatic heterocycles. The van der Waals surface area contributed by atoms with Crippen molar-refractivity contribution in [3.63, 3.8) is 0 Å². The van der Waals surface area contributed by atoms with Crippen molar-refractivity contribution < 1.29 is 23.1 Å². The highest BCUT2D eigenvalue weighted by Gasteiger charge is 2.47. The summed E-state index contributed by atoms with van der Waals surface area (Å²) in [6.45, 7) is 5.12. The van der Waals surface area contributed by atoms with Gasteiger partial charge in [-0.15, -0.1) is 0 Å². The van der Waals surface area contributed by atoms with E-state index in [1.54, 1.807) is 6.92 Å². The van der Waals surface area contributed by atoms with Crippen LogP contribution >= 0.6 is 11.6 Å². The van der Waals surface area contributed by atoms with Crippen LogP contribution in [0, 0.1) is 0 Å². The van der Waals surface area contributed by atoms with Gasteiger partial charge in [0.1, 0.15) is 0 Å². The van der Waals surface area contributed by atoms with E-state index in [2.05, 4.69) is 12.2 Å². The number of nitrogens with one attached hydrogen (secondary N) is 1. The maximum Gasteiger partial charge on any atom is 0.334 e. The summed E-state index contributed by atoms with van der Waals surface area (Å²) in [6.07, 6.45) is 4.90. The summed E-state index contributed by atoms with van der Waals surface area (Å²) in [5.74, 6) is -0.724. The number of carbonyl (C=O) groups is 2. The van der Waals surface area contributed by atoms with Crippen LogP contribution in [0.3, 0.4) is 0 Å². The number of ketones is 1. The minimum Gasteiger partial charge on any atom is -0.364 e. The summed E-state index contributed by atoms with van der Waals surface area (Å²) >= 11 is 5.81. The van der Waals surface area contributed by atoms with Crippen molar-refractivity contribution in [3.05, 3.63) is 29.3 Å². The van der Waals surface area contributed by atoms with E-state index in [9.17, 15) is 23.1 Å². The van der Waals surface area contributed by atoms with Crippen molar-refractivity contribution in [2.75, 3.05) is 6.54 Å². The van der Waals surface area contributed by atoms with Crippen molar-refractivity contribution in [3.8, 4) is 0 Å². The monoisotopic (exact) mass is 446 g/mol. The molecule has 2 N–H and O–H groups in total. The van der Waals surface area contributed by atoms with Gasteiger partial charge in [-0.05, 0) is 44.0 Å². The van der Waals surface area contributed by atoms with Crippen LogP contribution in [0.4, 0.5) is 4.79 Å². The average Bonchev–Trinajstić information content (AvgIpc) is 2.66. The Labute approximate surface area is 178 Å². The fourth-order valence-electron chi connectivity index (χ4n) is 2.80. The highest BCUT2D eigenvalue weighted by atomic mass is 35.5. The molecule has 29 heavy (non-hydrogen) atoms. The molecule has 164 valence electrons. The quantitative estimate of drug-likeness (QED) is 0.371. The Kier molecular flexibility index (Phi) is 10.1. The van der Waals surface area contributed by atoms with E-state index in [4.69, 9.17) is 11.6 Å². The standard InChI is InChI=1S/C20H31ClN2O5S/c1-4-6-7-8-9-10-18(24)20(3,26)23(19(25)22-15-5-2)29(27,28)17-13-11-16(21)12-14-17/h11-14,26H,4-10,15H2,1-3H3,(H,22,25). The van der Waals surface area contributed by atoms with Crippen molar-refractivity contribution in [2.45, 2.75) is 76.3 Å². The lowest BCUT2D eigenvalue weighted by molar-refractivity contribution is -0.144. The summed E-state index contributed by atoms with van der Waals surface area (Å²) in [5.41, 5.74) is -2.51. The molecule has 0 aliphatic carbocycles. The lowest BCUT2D eigenvalue weighted by Crippen LogP contribution is -2.60. The number of Topliss-reactive ketones (excluding diaryl/α,β-unsaturated/α-hetero) is 1. The van der Waals surface area contributed by atoms with Gasteiger partial charge in [0.15, 0.2) is 5.78 Å². The summed E-state index contributed by atoms with van der Waals surface area (Å²) in [4.78, 5) is 25.1. The molecule has 0 heterocycles. The molecule has 1 rings (SSSR count). The van der Waals surface area contributed by atoms with Crippen molar-refractivity contribution in [1.82, 2.24) is 9.62 Å². The number of hydrogen-bond donors (Lipinski definition) is 2. The molecule has 0 spiro atoms. The lowest BCUT2D eigenvalue weighted by Gasteiger charge is -2.34. The van der Waals surface area contributed by atoms with Crippen LogP contribution in [-0.4, -0.2) is 41.9 Å². The molecule has 1 unspecified atom stereocenters. The van der Waals surface area contributed by atoms with Crippen LogP contribution in [0.2, 0.25) is 5.02 Å². The number of nitrogens with zero attached hydrogens (tertiary/aromatic N) is 1. The molecular weight excluding hydrogens is 416 g/mol. The first-order valence-corrected chi connectivity index (χ1v) is 11.7. The third-order valence-electron chi connectivity index (χ3n) is 4.49. The minimum atomic E-state index is -4.50. The Bertz CT molecular complexity index is 779. The highest BCUT2D eigenvalue weighted by molar-refractivity contribution is 7.89. The largest absolute Gasteiger partial charge is 0.364 e. The van der Waals surface area contributed by atoms with Crippen LogP contribution in [-0.2, 0) is 14.8 Å². The predicted molar refractivity (Wildman–Crippen MR) is 113 cm³/mol. The van der Waals surface area contributed by atoms with Gasteiger partial charge in [-0.25, -0.2) is 13.2 Å². The van der Waals surface area contributed by atoms with Crippen LogP contribution in [0.1, 0.15) is 65.7 Å². The number of urea groups is 1. The smallest absolute Gasteiger partial charge is 0.334 e. The van der Waals surface area contributed by atoms with Gasteiger partial charge in [0.25, 0.3) is 10.0 Å². The second kappa shape index (κ2) is 11.5. The van der Waals surface area contributed by atoms with E-state index in [1.165, 1.54) is 24.3 Å². The Morgan fingerprint density at radius 1 is 1.07 bits per heavy atom. The third-order valence-corrected chi connectivity index (χ3v) is 6.62. The van der Waals surface area contributed by atoms with Crippen LogP contribution in [0.5, 0.6) is 0 Å². The number of sulfonamides is 1. The first-order valence-electron chi connectivity index (χ1n) is 9.93. The fraction of sp³-hybridized carbons (Fsp3) is 0.600. The van der Waals surface area contributed by atoms with Gasteiger partial charge in [-0.2, -0.15) is 4.31 Å². The summed E-state index contributed by atoms with van der Waals surface area (Å²) in [7, 11) is -4.50. The maximum atomic E-state index is 13.1. The number of amides is 2. The van der Waals surface area contributed by atoms with Crippen molar-refractivity contribution in [2.24, 2.45) is 0 Å². The van der Waals surface area contributed by atoms with E-state index in [0.717, 1.165) is 32.6 Å². The molecule has 1 atom stereocenters. The predicted octanol–water partition coefficient (Wildman–Crippen LogP) is 4.09. The fourth-order valence-corrected chi connectivity index (χ4v) is 4.47. The number of unbranched alkanes of at least 4 members (excludes halogenated alkanes) is 4. The number of benzene rings is 1. The molecule has 0 saturated heterocycles. The van der Waals surface area contributed by atoms with Crippen molar-refractivity contribution in [1.29, 1.82) is 0 Å². The first kappa shape index (κ1) is 25.4. The van der Waals surface area contributed by atoms with E-state index in [1.807, 2.05) is 0 Å². The van der Waals surface area contributed by atoms with Gasteiger partial charge in [0.2, 0.25) is 5.72 Å². The highest BCUT2D eigenvalue weighted by Crippen LogP contribution is 2.27. The topological polar surface area (TPSA) is 104 Å². The Hall–Kier alpha value is -1.64. The van der Waals surface area contributed by atoms with E-state index in [-0.39, 0.29) is 22.2 Å².